The fraction of sp³-hybridized carbons (Fsp3) is 0.136. The highest BCUT2D eigenvalue weighted by atomic mass is 32.2. The summed E-state index contributed by atoms with van der Waals surface area (Å²) in [6, 6.07) is 17.8. The van der Waals surface area contributed by atoms with Crippen LogP contribution in [0.2, 0.25) is 0 Å². The molecule has 0 saturated heterocycles. The lowest BCUT2D eigenvalue weighted by atomic mass is 10.1. The van der Waals surface area contributed by atoms with Crippen LogP contribution in [0.5, 0.6) is 5.75 Å². The summed E-state index contributed by atoms with van der Waals surface area (Å²) in [7, 11) is -3.39. The number of sulfone groups is 1. The Kier molecular flexibility index (Phi) is 5.91. The molecule has 0 saturated carbocycles. The Labute approximate surface area is 186 Å². The number of imidazole rings is 1. The van der Waals surface area contributed by atoms with Crippen molar-refractivity contribution in [3.8, 4) is 16.9 Å². The molecule has 0 aliphatic rings. The van der Waals surface area contributed by atoms with Gasteiger partial charge in [0.15, 0.2) is 9.84 Å². The molecule has 3 aromatic carbocycles. The number of rotatable bonds is 6. The molecule has 4 aromatic rings. The maximum atomic E-state index is 12.4. The number of hydrogen-bond donors (Lipinski definition) is 1. The van der Waals surface area contributed by atoms with Crippen molar-refractivity contribution in [3.05, 3.63) is 72.6 Å². The lowest BCUT2D eigenvalue weighted by Gasteiger charge is -2.08. The summed E-state index contributed by atoms with van der Waals surface area (Å²) in [5.74, 6) is 0.946. The van der Waals surface area contributed by atoms with E-state index in [0.717, 1.165) is 5.56 Å². The molecule has 4 rings (SSSR count). The number of aromatic amines is 1. The number of benzene rings is 3. The number of nitrogens with zero attached hydrogens (tertiary/aromatic N) is 1. The van der Waals surface area contributed by atoms with Crippen LogP contribution in [-0.4, -0.2) is 30.1 Å². The summed E-state index contributed by atoms with van der Waals surface area (Å²) in [6.07, 6.45) is 1.17. The van der Waals surface area contributed by atoms with Crippen LogP contribution in [0.25, 0.3) is 22.2 Å². The number of fused-ring (bicyclic) bond motifs is 1. The van der Waals surface area contributed by atoms with Crippen molar-refractivity contribution in [2.75, 3.05) is 6.26 Å². The summed E-state index contributed by atoms with van der Waals surface area (Å²) in [5.41, 5.74) is -1.62. The van der Waals surface area contributed by atoms with E-state index in [1.807, 2.05) is 6.07 Å². The van der Waals surface area contributed by atoms with Crippen LogP contribution < -0.4 is 4.74 Å². The van der Waals surface area contributed by atoms with Crippen molar-refractivity contribution in [2.24, 2.45) is 0 Å². The molecule has 1 aromatic heterocycles. The van der Waals surface area contributed by atoms with Crippen LogP contribution >= 0.6 is 11.8 Å². The number of ether oxygens (including phenoxy) is 1. The maximum Gasteiger partial charge on any atom is 0.446 e. The van der Waals surface area contributed by atoms with E-state index in [9.17, 15) is 21.6 Å². The Bertz CT molecular complexity index is 1370. The monoisotopic (exact) mass is 478 g/mol. The highest BCUT2D eigenvalue weighted by molar-refractivity contribution is 8.00. The maximum absolute atomic E-state index is 12.4. The summed E-state index contributed by atoms with van der Waals surface area (Å²) in [6.45, 7) is 0.0930. The molecule has 166 valence electrons. The minimum atomic E-state index is -4.34. The van der Waals surface area contributed by atoms with E-state index in [-0.39, 0.29) is 28.2 Å². The van der Waals surface area contributed by atoms with Crippen molar-refractivity contribution < 1.29 is 26.3 Å². The highest BCUT2D eigenvalue weighted by Gasteiger charge is 2.29. The molecular formula is C22H17F3N2O3S2. The van der Waals surface area contributed by atoms with Gasteiger partial charge in [0.05, 0.1) is 15.9 Å². The van der Waals surface area contributed by atoms with E-state index in [1.54, 1.807) is 36.4 Å². The largest absolute Gasteiger partial charge is 0.486 e. The Morgan fingerprint density at radius 1 is 1.03 bits per heavy atom. The van der Waals surface area contributed by atoms with Crippen LogP contribution in [0, 0.1) is 0 Å². The zero-order chi connectivity index (χ0) is 22.9. The van der Waals surface area contributed by atoms with Crippen LogP contribution in [-0.2, 0) is 16.4 Å². The van der Waals surface area contributed by atoms with E-state index < -0.39 is 15.3 Å². The van der Waals surface area contributed by atoms with Gasteiger partial charge in [-0.2, -0.15) is 13.2 Å². The Hall–Kier alpha value is -2.98. The minimum Gasteiger partial charge on any atom is -0.486 e. The molecule has 1 heterocycles. The predicted molar refractivity (Wildman–Crippen MR) is 117 cm³/mol. The third-order valence-corrected chi connectivity index (χ3v) is 6.46. The standard InChI is InChI=1S/C22H17F3N2O3S2/c1-32(28,29)20-5-3-2-4-17(20)14-6-11-18-19(12-14)27-21(26-18)13-30-15-7-9-16(10-8-15)31-22(23,24)25/h2-12H,13H2,1H3,(H,26,27). The van der Waals surface area contributed by atoms with Gasteiger partial charge in [-0.1, -0.05) is 24.3 Å². The van der Waals surface area contributed by atoms with Crippen LogP contribution in [0.15, 0.2) is 76.5 Å². The molecule has 5 nitrogen and oxygen atoms in total. The average Bonchev–Trinajstić information content (AvgIpc) is 3.14. The van der Waals surface area contributed by atoms with Gasteiger partial charge in [-0.15, -0.1) is 0 Å². The van der Waals surface area contributed by atoms with Gasteiger partial charge < -0.3 is 9.72 Å². The smallest absolute Gasteiger partial charge is 0.446 e. The first-order valence-corrected chi connectivity index (χ1v) is 12.1. The normalized spacial score (nSPS) is 12.2. The molecule has 1 N–H and O–H groups in total. The third-order valence-electron chi connectivity index (χ3n) is 4.56. The number of alkyl halides is 3. The van der Waals surface area contributed by atoms with Crippen molar-refractivity contribution in [2.45, 2.75) is 21.9 Å². The molecule has 10 heteroatoms. The molecule has 0 amide bonds. The third kappa shape index (κ3) is 5.25. The Morgan fingerprint density at radius 3 is 2.44 bits per heavy atom. The quantitative estimate of drug-likeness (QED) is 0.353. The number of hydrogen-bond acceptors (Lipinski definition) is 5. The predicted octanol–water partition coefficient (Wildman–Crippen LogP) is 5.82. The van der Waals surface area contributed by atoms with Gasteiger partial charge in [0.2, 0.25) is 0 Å². The molecule has 0 spiro atoms. The zero-order valence-electron chi connectivity index (χ0n) is 16.7. The van der Waals surface area contributed by atoms with Gasteiger partial charge in [0.25, 0.3) is 0 Å². The van der Waals surface area contributed by atoms with Gasteiger partial charge in [0.1, 0.15) is 18.2 Å². The van der Waals surface area contributed by atoms with E-state index in [2.05, 4.69) is 9.97 Å². The first-order chi connectivity index (χ1) is 15.1. The summed E-state index contributed by atoms with van der Waals surface area (Å²) >= 11 is -0.183. The van der Waals surface area contributed by atoms with E-state index >= 15 is 0 Å². The second-order valence-electron chi connectivity index (χ2n) is 6.99. The molecule has 0 radical (unpaired) electrons. The van der Waals surface area contributed by atoms with E-state index in [4.69, 9.17) is 4.74 Å². The molecule has 0 fully saturated rings. The van der Waals surface area contributed by atoms with Gasteiger partial charge in [-0.05, 0) is 59.8 Å². The second kappa shape index (κ2) is 8.51. The van der Waals surface area contributed by atoms with Crippen molar-refractivity contribution in [1.29, 1.82) is 0 Å². The first kappa shape index (κ1) is 22.2. The number of H-pyrrole nitrogens is 1. The molecule has 0 aliphatic carbocycles. The molecular weight excluding hydrogens is 461 g/mol. The van der Waals surface area contributed by atoms with Crippen LogP contribution in [0.4, 0.5) is 13.2 Å². The highest BCUT2D eigenvalue weighted by Crippen LogP contribution is 2.37. The lowest BCUT2D eigenvalue weighted by Crippen LogP contribution is -1.99. The molecule has 32 heavy (non-hydrogen) atoms. The zero-order valence-corrected chi connectivity index (χ0v) is 18.3. The topological polar surface area (TPSA) is 72.1 Å². The number of aromatic nitrogens is 2. The SMILES string of the molecule is CS(=O)(=O)c1ccccc1-c1ccc2nc(COc3ccc(SC(F)(F)F)cc3)[nH]c2c1. The number of thioether (sulfide) groups is 1. The van der Waals surface area contributed by atoms with Crippen LogP contribution in [0.1, 0.15) is 5.82 Å². The second-order valence-corrected chi connectivity index (χ2v) is 10.1. The molecule has 0 bridgehead atoms. The van der Waals surface area contributed by atoms with E-state index in [1.165, 1.54) is 30.5 Å². The fourth-order valence-electron chi connectivity index (χ4n) is 3.22. The van der Waals surface area contributed by atoms with Gasteiger partial charge >= 0.3 is 5.51 Å². The summed E-state index contributed by atoms with van der Waals surface area (Å²) in [4.78, 5) is 7.91. The van der Waals surface area contributed by atoms with Gasteiger partial charge in [0, 0.05) is 16.7 Å². The van der Waals surface area contributed by atoms with Gasteiger partial charge in [-0.25, -0.2) is 13.4 Å². The molecule has 0 atom stereocenters. The minimum absolute atomic E-state index is 0.0792. The molecule has 0 aliphatic heterocycles. The summed E-state index contributed by atoms with van der Waals surface area (Å²) in [5, 5.41) is 0. The Balaban J connectivity index is 1.52. The van der Waals surface area contributed by atoms with Crippen molar-refractivity contribution in [3.63, 3.8) is 0 Å². The summed E-state index contributed by atoms with van der Waals surface area (Å²) < 4.78 is 67.1. The lowest BCUT2D eigenvalue weighted by molar-refractivity contribution is -0.0328. The van der Waals surface area contributed by atoms with E-state index in [0.29, 0.717) is 28.2 Å². The first-order valence-electron chi connectivity index (χ1n) is 9.35. The van der Waals surface area contributed by atoms with Crippen LogP contribution in [0.3, 0.4) is 0 Å². The number of nitrogens with one attached hydrogen (secondary N) is 1. The fourth-order valence-corrected chi connectivity index (χ4v) is 4.67. The Morgan fingerprint density at radius 2 is 1.75 bits per heavy atom. The number of halogens is 3. The van der Waals surface area contributed by atoms with Gasteiger partial charge in [-0.3, -0.25) is 0 Å². The molecule has 0 unspecified atom stereocenters. The van der Waals surface area contributed by atoms with Crippen molar-refractivity contribution >= 4 is 32.6 Å². The van der Waals surface area contributed by atoms with Crippen molar-refractivity contribution in [1.82, 2.24) is 9.97 Å². The average molecular weight is 479 g/mol.